The van der Waals surface area contributed by atoms with E-state index < -0.39 is 0 Å². The van der Waals surface area contributed by atoms with Crippen LogP contribution in [-0.2, 0) is 9.47 Å². The van der Waals surface area contributed by atoms with E-state index in [1.54, 1.807) is 19.1 Å². The zero-order valence-corrected chi connectivity index (χ0v) is 17.1. The summed E-state index contributed by atoms with van der Waals surface area (Å²) in [6, 6.07) is 12.3. The smallest absolute Gasteiger partial charge is 0.338 e. The standard InChI is InChI=1S/C23H23NO6/c1-4-27-23(26)15-5-7-16(8-6-15)24-22-19(29-22)12-28-18-10-9-17-13(2)11-20(25)30-21(17)14(18)3/h5-11,19,22,24H,4,12H2,1-3H3. The molecule has 0 spiro atoms. The molecule has 0 amide bonds. The van der Waals surface area contributed by atoms with Crippen molar-refractivity contribution < 1.29 is 23.4 Å². The van der Waals surface area contributed by atoms with Gasteiger partial charge in [0.25, 0.3) is 0 Å². The van der Waals surface area contributed by atoms with E-state index in [0.29, 0.717) is 30.1 Å². The number of fused-ring (bicyclic) bond motifs is 1. The van der Waals surface area contributed by atoms with E-state index in [1.165, 1.54) is 6.07 Å². The number of aryl methyl sites for hydroxylation is 2. The molecule has 2 aromatic carbocycles. The van der Waals surface area contributed by atoms with Crippen molar-refractivity contribution >= 4 is 22.6 Å². The Morgan fingerprint density at radius 1 is 1.13 bits per heavy atom. The summed E-state index contributed by atoms with van der Waals surface area (Å²) in [5.74, 6) is 0.319. The second-order valence-electron chi connectivity index (χ2n) is 7.16. The highest BCUT2D eigenvalue weighted by Crippen LogP contribution is 2.30. The fourth-order valence-electron chi connectivity index (χ4n) is 3.31. The normalized spacial score (nSPS) is 17.6. The molecular formula is C23H23NO6. The average Bonchev–Trinajstić information content (AvgIpc) is 3.46. The molecule has 1 aliphatic rings. The Bertz CT molecular complexity index is 1130. The van der Waals surface area contributed by atoms with Gasteiger partial charge in [-0.1, -0.05) is 0 Å². The molecule has 7 nitrogen and oxygen atoms in total. The molecule has 4 rings (SSSR count). The van der Waals surface area contributed by atoms with Crippen molar-refractivity contribution in [3.8, 4) is 5.75 Å². The van der Waals surface area contributed by atoms with Crippen LogP contribution in [0.25, 0.3) is 11.0 Å². The number of anilines is 1. The van der Waals surface area contributed by atoms with Gasteiger partial charge < -0.3 is 23.9 Å². The first-order valence-corrected chi connectivity index (χ1v) is 9.82. The average molecular weight is 409 g/mol. The molecule has 2 unspecified atom stereocenters. The van der Waals surface area contributed by atoms with Gasteiger partial charge in [-0.3, -0.25) is 0 Å². The largest absolute Gasteiger partial charge is 0.490 e. The Morgan fingerprint density at radius 3 is 2.63 bits per heavy atom. The molecule has 2 atom stereocenters. The van der Waals surface area contributed by atoms with E-state index in [0.717, 1.165) is 22.2 Å². The lowest BCUT2D eigenvalue weighted by atomic mass is 10.1. The topological polar surface area (TPSA) is 90.3 Å². The second-order valence-corrected chi connectivity index (χ2v) is 7.16. The second kappa shape index (κ2) is 8.20. The lowest BCUT2D eigenvalue weighted by molar-refractivity contribution is 0.0526. The third-order valence-corrected chi connectivity index (χ3v) is 5.01. The molecule has 1 fully saturated rings. The van der Waals surface area contributed by atoms with Crippen molar-refractivity contribution in [3.05, 3.63) is 69.6 Å². The van der Waals surface area contributed by atoms with Crippen molar-refractivity contribution in [2.24, 2.45) is 0 Å². The van der Waals surface area contributed by atoms with E-state index in [-0.39, 0.29) is 23.9 Å². The number of carbonyl (C=O) groups is 1. The molecule has 1 aromatic heterocycles. The van der Waals surface area contributed by atoms with Gasteiger partial charge in [-0.15, -0.1) is 0 Å². The van der Waals surface area contributed by atoms with Crippen molar-refractivity contribution in [1.29, 1.82) is 0 Å². The van der Waals surface area contributed by atoms with Crippen LogP contribution in [0.4, 0.5) is 5.69 Å². The Morgan fingerprint density at radius 2 is 1.90 bits per heavy atom. The first-order valence-electron chi connectivity index (χ1n) is 9.82. The van der Waals surface area contributed by atoms with E-state index in [9.17, 15) is 9.59 Å². The van der Waals surface area contributed by atoms with Crippen LogP contribution in [-0.4, -0.2) is 31.5 Å². The minimum absolute atomic E-state index is 0.102. The van der Waals surface area contributed by atoms with Crippen LogP contribution >= 0.6 is 0 Å². The third-order valence-electron chi connectivity index (χ3n) is 5.01. The maximum atomic E-state index is 11.7. The van der Waals surface area contributed by atoms with Crippen LogP contribution in [0.15, 0.2) is 51.7 Å². The van der Waals surface area contributed by atoms with Crippen molar-refractivity contribution in [3.63, 3.8) is 0 Å². The Kier molecular flexibility index (Phi) is 5.46. The zero-order chi connectivity index (χ0) is 21.3. The van der Waals surface area contributed by atoms with Gasteiger partial charge in [0, 0.05) is 22.7 Å². The first-order chi connectivity index (χ1) is 14.5. The number of nitrogens with one attached hydrogen (secondary N) is 1. The van der Waals surface area contributed by atoms with Crippen molar-refractivity contribution in [1.82, 2.24) is 0 Å². The molecule has 0 aliphatic carbocycles. The fraction of sp³-hybridized carbons (Fsp3) is 0.304. The number of carbonyl (C=O) groups excluding carboxylic acids is 1. The van der Waals surface area contributed by atoms with E-state index in [1.807, 2.05) is 38.1 Å². The Balaban J connectivity index is 1.35. The van der Waals surface area contributed by atoms with Crippen molar-refractivity contribution in [2.45, 2.75) is 33.1 Å². The van der Waals surface area contributed by atoms with Gasteiger partial charge in [0.15, 0.2) is 6.23 Å². The molecule has 3 aromatic rings. The van der Waals surface area contributed by atoms with E-state index in [2.05, 4.69) is 5.32 Å². The van der Waals surface area contributed by atoms with Gasteiger partial charge in [0.1, 0.15) is 24.0 Å². The monoisotopic (exact) mass is 409 g/mol. The first kappa shape index (κ1) is 20.0. The van der Waals surface area contributed by atoms with E-state index >= 15 is 0 Å². The summed E-state index contributed by atoms with van der Waals surface area (Å²) in [4.78, 5) is 23.4. The van der Waals surface area contributed by atoms with Crippen LogP contribution in [0.5, 0.6) is 5.75 Å². The third kappa shape index (κ3) is 4.16. The molecule has 1 aliphatic heterocycles. The number of ether oxygens (including phenoxy) is 3. The summed E-state index contributed by atoms with van der Waals surface area (Å²) >= 11 is 0. The maximum Gasteiger partial charge on any atom is 0.338 e. The highest BCUT2D eigenvalue weighted by molar-refractivity contribution is 5.89. The van der Waals surface area contributed by atoms with Crippen LogP contribution in [0, 0.1) is 13.8 Å². The number of hydrogen-bond donors (Lipinski definition) is 1. The van der Waals surface area contributed by atoms with Gasteiger partial charge in [0.05, 0.1) is 12.2 Å². The predicted molar refractivity (Wildman–Crippen MR) is 112 cm³/mol. The molecule has 7 heteroatoms. The summed E-state index contributed by atoms with van der Waals surface area (Å²) in [5.41, 5.74) is 3.18. The van der Waals surface area contributed by atoms with Crippen molar-refractivity contribution in [2.75, 3.05) is 18.5 Å². The van der Waals surface area contributed by atoms with Gasteiger partial charge in [-0.25, -0.2) is 9.59 Å². The minimum Gasteiger partial charge on any atom is -0.490 e. The van der Waals surface area contributed by atoms with Crippen LogP contribution < -0.4 is 15.7 Å². The molecule has 2 heterocycles. The van der Waals surface area contributed by atoms with Gasteiger partial charge in [0.2, 0.25) is 0 Å². The zero-order valence-electron chi connectivity index (χ0n) is 17.1. The molecule has 0 radical (unpaired) electrons. The summed E-state index contributed by atoms with van der Waals surface area (Å²) in [6.45, 7) is 6.23. The number of benzene rings is 2. The number of rotatable bonds is 7. The molecule has 0 bridgehead atoms. The SMILES string of the molecule is CCOC(=O)c1ccc(NC2OC2COc2ccc3c(C)cc(=O)oc3c2C)cc1. The van der Waals surface area contributed by atoms with Gasteiger partial charge >= 0.3 is 11.6 Å². The molecule has 156 valence electrons. The van der Waals surface area contributed by atoms with E-state index in [4.69, 9.17) is 18.6 Å². The Hall–Kier alpha value is -3.32. The molecule has 1 saturated heterocycles. The molecule has 30 heavy (non-hydrogen) atoms. The van der Waals surface area contributed by atoms with Crippen LogP contribution in [0.1, 0.15) is 28.4 Å². The highest BCUT2D eigenvalue weighted by atomic mass is 16.6. The summed E-state index contributed by atoms with van der Waals surface area (Å²) < 4.78 is 21.9. The molecular weight excluding hydrogens is 386 g/mol. The minimum atomic E-state index is -0.371. The Labute approximate surface area is 173 Å². The summed E-state index contributed by atoms with van der Waals surface area (Å²) in [6.07, 6.45) is -0.270. The number of hydrogen-bond acceptors (Lipinski definition) is 7. The van der Waals surface area contributed by atoms with Gasteiger partial charge in [-0.05, 0) is 62.7 Å². The molecule has 0 saturated carbocycles. The lowest BCUT2D eigenvalue weighted by Crippen LogP contribution is -2.14. The maximum absolute atomic E-state index is 11.7. The molecule has 1 N–H and O–H groups in total. The number of epoxide rings is 1. The highest BCUT2D eigenvalue weighted by Gasteiger charge is 2.39. The lowest BCUT2D eigenvalue weighted by Gasteiger charge is -2.10. The quantitative estimate of drug-likeness (QED) is 0.361. The van der Waals surface area contributed by atoms with Gasteiger partial charge in [-0.2, -0.15) is 0 Å². The summed E-state index contributed by atoms with van der Waals surface area (Å²) in [5, 5.41) is 4.14. The predicted octanol–water partition coefficient (Wildman–Crippen LogP) is 3.80. The fourth-order valence-corrected chi connectivity index (χ4v) is 3.31. The summed E-state index contributed by atoms with van der Waals surface area (Å²) in [7, 11) is 0. The van der Waals surface area contributed by atoms with Crippen LogP contribution in [0.2, 0.25) is 0 Å². The number of esters is 1. The van der Waals surface area contributed by atoms with Crippen LogP contribution in [0.3, 0.4) is 0 Å².